The lowest BCUT2D eigenvalue weighted by molar-refractivity contribution is 0.0636. The third-order valence-corrected chi connectivity index (χ3v) is 5.25. The molecular formula is C27H47NO3. The summed E-state index contributed by atoms with van der Waals surface area (Å²) in [4.78, 5) is 11.9. The van der Waals surface area contributed by atoms with Crippen LogP contribution in [0.1, 0.15) is 118 Å². The predicted molar refractivity (Wildman–Crippen MR) is 132 cm³/mol. The van der Waals surface area contributed by atoms with Gasteiger partial charge in [0.25, 0.3) is 0 Å². The second-order valence-corrected chi connectivity index (χ2v) is 9.60. The number of anilines is 1. The number of ether oxygens (including phenoxy) is 2. The van der Waals surface area contributed by atoms with Crippen LogP contribution >= 0.6 is 0 Å². The van der Waals surface area contributed by atoms with Crippen molar-refractivity contribution in [3.8, 4) is 5.75 Å². The second-order valence-electron chi connectivity index (χ2n) is 9.60. The van der Waals surface area contributed by atoms with Crippen molar-refractivity contribution in [1.82, 2.24) is 0 Å². The maximum atomic E-state index is 11.9. The van der Waals surface area contributed by atoms with Crippen LogP contribution in [0.5, 0.6) is 5.75 Å². The molecule has 4 heteroatoms. The van der Waals surface area contributed by atoms with Gasteiger partial charge in [-0.1, -0.05) is 96.5 Å². The van der Waals surface area contributed by atoms with Crippen molar-refractivity contribution >= 4 is 11.8 Å². The Morgan fingerprint density at radius 1 is 0.806 bits per heavy atom. The molecule has 1 aromatic rings. The molecule has 1 aromatic carbocycles. The van der Waals surface area contributed by atoms with Gasteiger partial charge in [0.1, 0.15) is 11.4 Å². The van der Waals surface area contributed by atoms with Crippen LogP contribution in [0.2, 0.25) is 0 Å². The van der Waals surface area contributed by atoms with Crippen molar-refractivity contribution in [2.24, 2.45) is 0 Å². The normalized spacial score (nSPS) is 11.4. The van der Waals surface area contributed by atoms with Gasteiger partial charge in [0, 0.05) is 11.8 Å². The first kappa shape index (κ1) is 27.3. The van der Waals surface area contributed by atoms with Gasteiger partial charge in [-0.25, -0.2) is 4.79 Å². The van der Waals surface area contributed by atoms with Crippen molar-refractivity contribution in [3.05, 3.63) is 24.3 Å². The standard InChI is InChI=1S/C27H47NO3/c1-5-6-7-8-9-10-11-12-13-14-15-16-17-18-22-30-25-21-19-20-24(23-25)28-26(29)31-27(2,3)4/h19-21,23H,5-18,22H2,1-4H3,(H,28,29). The zero-order valence-corrected chi connectivity index (χ0v) is 20.6. The Kier molecular flexibility index (Phi) is 14.9. The topological polar surface area (TPSA) is 47.6 Å². The quantitative estimate of drug-likeness (QED) is 0.249. The van der Waals surface area contributed by atoms with E-state index in [2.05, 4.69) is 12.2 Å². The maximum absolute atomic E-state index is 11.9. The predicted octanol–water partition coefficient (Wildman–Crippen LogP) is 8.89. The third-order valence-electron chi connectivity index (χ3n) is 5.25. The molecule has 0 heterocycles. The number of nitrogens with one attached hydrogen (secondary N) is 1. The summed E-state index contributed by atoms with van der Waals surface area (Å²) >= 11 is 0. The third kappa shape index (κ3) is 16.6. The van der Waals surface area contributed by atoms with Crippen molar-refractivity contribution in [2.45, 2.75) is 123 Å². The summed E-state index contributed by atoms with van der Waals surface area (Å²) in [6.45, 7) is 8.54. The molecule has 0 aromatic heterocycles. The van der Waals surface area contributed by atoms with E-state index in [1.54, 1.807) is 0 Å². The molecule has 1 N–H and O–H groups in total. The molecule has 31 heavy (non-hydrogen) atoms. The van der Waals surface area contributed by atoms with Crippen LogP contribution in [0.3, 0.4) is 0 Å². The van der Waals surface area contributed by atoms with Crippen molar-refractivity contribution in [1.29, 1.82) is 0 Å². The molecule has 0 radical (unpaired) electrons. The highest BCUT2D eigenvalue weighted by Crippen LogP contribution is 2.19. The van der Waals surface area contributed by atoms with Gasteiger partial charge in [-0.05, 0) is 39.3 Å². The van der Waals surface area contributed by atoms with Crippen LogP contribution < -0.4 is 10.1 Å². The zero-order valence-electron chi connectivity index (χ0n) is 20.6. The minimum Gasteiger partial charge on any atom is -0.494 e. The van der Waals surface area contributed by atoms with Crippen molar-refractivity contribution in [2.75, 3.05) is 11.9 Å². The van der Waals surface area contributed by atoms with Crippen molar-refractivity contribution in [3.63, 3.8) is 0 Å². The number of unbranched alkanes of at least 4 members (excludes halogenated alkanes) is 13. The smallest absolute Gasteiger partial charge is 0.412 e. The minimum absolute atomic E-state index is 0.448. The van der Waals surface area contributed by atoms with E-state index in [9.17, 15) is 4.79 Å². The highest BCUT2D eigenvalue weighted by atomic mass is 16.6. The van der Waals surface area contributed by atoms with Gasteiger partial charge in [0.05, 0.1) is 6.61 Å². The Morgan fingerprint density at radius 2 is 1.32 bits per heavy atom. The van der Waals surface area contributed by atoms with Crippen LogP contribution in [-0.4, -0.2) is 18.3 Å². The average Bonchev–Trinajstić information content (AvgIpc) is 2.69. The molecule has 0 bridgehead atoms. The van der Waals surface area contributed by atoms with Gasteiger partial charge in [-0.15, -0.1) is 0 Å². The van der Waals surface area contributed by atoms with Gasteiger partial charge in [0.2, 0.25) is 0 Å². The monoisotopic (exact) mass is 433 g/mol. The number of carbonyl (C=O) groups excluding carboxylic acids is 1. The van der Waals surface area contributed by atoms with Crippen LogP contribution in [-0.2, 0) is 4.74 Å². The molecule has 0 atom stereocenters. The zero-order chi connectivity index (χ0) is 22.8. The molecule has 0 spiro atoms. The fourth-order valence-electron chi connectivity index (χ4n) is 3.57. The molecule has 0 unspecified atom stereocenters. The largest absolute Gasteiger partial charge is 0.494 e. The molecular weight excluding hydrogens is 386 g/mol. The lowest BCUT2D eigenvalue weighted by Gasteiger charge is -2.19. The molecule has 0 aliphatic heterocycles. The average molecular weight is 434 g/mol. The van der Waals surface area contributed by atoms with Crippen molar-refractivity contribution < 1.29 is 14.3 Å². The Labute approximate surface area is 191 Å². The molecule has 1 amide bonds. The van der Waals surface area contributed by atoms with Gasteiger partial charge >= 0.3 is 6.09 Å². The van der Waals surface area contributed by atoms with Crippen LogP contribution in [0.15, 0.2) is 24.3 Å². The minimum atomic E-state index is -0.508. The second kappa shape index (κ2) is 16.9. The maximum Gasteiger partial charge on any atom is 0.412 e. The van der Waals surface area contributed by atoms with E-state index in [0.717, 1.165) is 12.2 Å². The summed E-state index contributed by atoms with van der Waals surface area (Å²) < 4.78 is 11.1. The number of hydrogen-bond acceptors (Lipinski definition) is 3. The molecule has 178 valence electrons. The summed E-state index contributed by atoms with van der Waals surface area (Å²) in [5.74, 6) is 0.781. The SMILES string of the molecule is CCCCCCCCCCCCCCCCOc1cccc(NC(=O)OC(C)(C)C)c1. The van der Waals surface area contributed by atoms with E-state index in [0.29, 0.717) is 12.3 Å². The molecule has 0 aliphatic rings. The first-order valence-corrected chi connectivity index (χ1v) is 12.6. The number of amides is 1. The van der Waals surface area contributed by atoms with E-state index < -0.39 is 11.7 Å². The summed E-state index contributed by atoms with van der Waals surface area (Å²) in [5.41, 5.74) is 0.180. The number of carbonyl (C=O) groups is 1. The van der Waals surface area contributed by atoms with E-state index in [4.69, 9.17) is 9.47 Å². The number of rotatable bonds is 17. The van der Waals surface area contributed by atoms with Crippen LogP contribution in [0, 0.1) is 0 Å². The summed E-state index contributed by atoms with van der Waals surface area (Å²) in [6, 6.07) is 7.48. The van der Waals surface area contributed by atoms with E-state index in [-0.39, 0.29) is 0 Å². The highest BCUT2D eigenvalue weighted by molar-refractivity contribution is 5.85. The van der Waals surface area contributed by atoms with E-state index in [1.165, 1.54) is 83.5 Å². The van der Waals surface area contributed by atoms with E-state index >= 15 is 0 Å². The molecule has 0 saturated heterocycles. The van der Waals surface area contributed by atoms with Crippen LogP contribution in [0.25, 0.3) is 0 Å². The Bertz CT molecular complexity index is 580. The Hall–Kier alpha value is -1.71. The fourth-order valence-corrected chi connectivity index (χ4v) is 3.57. The molecule has 4 nitrogen and oxygen atoms in total. The van der Waals surface area contributed by atoms with Gasteiger partial charge in [-0.2, -0.15) is 0 Å². The van der Waals surface area contributed by atoms with Crippen LogP contribution in [0.4, 0.5) is 10.5 Å². The number of hydrogen-bond donors (Lipinski definition) is 1. The number of benzene rings is 1. The van der Waals surface area contributed by atoms with Gasteiger partial charge in [-0.3, -0.25) is 5.32 Å². The Balaban J connectivity index is 1.99. The van der Waals surface area contributed by atoms with Gasteiger partial charge in [0.15, 0.2) is 0 Å². The van der Waals surface area contributed by atoms with E-state index in [1.807, 2.05) is 45.0 Å². The Morgan fingerprint density at radius 3 is 1.84 bits per heavy atom. The molecule has 1 rings (SSSR count). The lowest BCUT2D eigenvalue weighted by Crippen LogP contribution is -2.27. The fraction of sp³-hybridized carbons (Fsp3) is 0.741. The first-order valence-electron chi connectivity index (χ1n) is 12.6. The van der Waals surface area contributed by atoms with Gasteiger partial charge < -0.3 is 9.47 Å². The summed E-state index contributed by atoms with van der Waals surface area (Å²) in [7, 11) is 0. The molecule has 0 fully saturated rings. The molecule has 0 saturated carbocycles. The first-order chi connectivity index (χ1) is 14.9. The lowest BCUT2D eigenvalue weighted by atomic mass is 10.0. The summed E-state index contributed by atoms with van der Waals surface area (Å²) in [6.07, 6.45) is 18.5. The highest BCUT2D eigenvalue weighted by Gasteiger charge is 2.16. The summed E-state index contributed by atoms with van der Waals surface area (Å²) in [5, 5.41) is 2.75. The molecule has 0 aliphatic carbocycles.